The number of aliphatic hydroxyl groups is 1. The molecule has 4 aliphatic rings. The summed E-state index contributed by atoms with van der Waals surface area (Å²) >= 11 is 0. The largest absolute Gasteiger partial charge is 0.393 e. The van der Waals surface area contributed by atoms with Crippen LogP contribution in [0, 0.1) is 40.4 Å². The van der Waals surface area contributed by atoms with Crippen LogP contribution >= 0.6 is 0 Å². The fourth-order valence-corrected chi connectivity index (χ4v) is 7.77. The van der Waals surface area contributed by atoms with Gasteiger partial charge < -0.3 is 10.0 Å². The van der Waals surface area contributed by atoms with Crippen molar-refractivity contribution in [1.82, 2.24) is 4.90 Å². The van der Waals surface area contributed by atoms with Crippen LogP contribution in [0.25, 0.3) is 0 Å². The first kappa shape index (κ1) is 18.0. The molecule has 4 fully saturated rings. The van der Waals surface area contributed by atoms with Gasteiger partial charge in [0.25, 0.3) is 0 Å². The molecule has 0 radical (unpaired) electrons. The number of carbonyl (C=O) groups excluding carboxylic acids is 1. The van der Waals surface area contributed by atoms with Gasteiger partial charge in [-0.15, -0.1) is 0 Å². The van der Waals surface area contributed by atoms with E-state index in [9.17, 15) is 9.90 Å². The van der Waals surface area contributed by atoms with Crippen LogP contribution < -0.4 is 0 Å². The Bertz CT molecular complexity index is 546. The second-order valence-electron chi connectivity index (χ2n) is 10.6. The molecule has 4 saturated carbocycles. The third kappa shape index (κ3) is 2.64. The highest BCUT2D eigenvalue weighted by Gasteiger charge is 2.62. The number of ketones is 1. The molecule has 4 aliphatic carbocycles. The zero-order chi connectivity index (χ0) is 18.0. The maximum Gasteiger partial charge on any atom is 0.143 e. The molecule has 4 rings (SSSR count). The van der Waals surface area contributed by atoms with Crippen LogP contribution in [0.2, 0.25) is 0 Å². The van der Waals surface area contributed by atoms with Crippen molar-refractivity contribution in [2.75, 3.05) is 20.6 Å². The Morgan fingerprint density at radius 3 is 2.52 bits per heavy atom. The molecular formula is C22H37NO2. The Morgan fingerprint density at radius 2 is 1.80 bits per heavy atom. The van der Waals surface area contributed by atoms with Crippen molar-refractivity contribution >= 4 is 5.78 Å². The van der Waals surface area contributed by atoms with Gasteiger partial charge in [-0.3, -0.25) is 4.79 Å². The highest BCUT2D eigenvalue weighted by molar-refractivity contribution is 5.89. The van der Waals surface area contributed by atoms with Crippen molar-refractivity contribution in [1.29, 1.82) is 0 Å². The van der Waals surface area contributed by atoms with Crippen LogP contribution in [0.3, 0.4) is 0 Å². The number of fused-ring (bicyclic) bond motifs is 5. The predicted octanol–water partition coefficient (Wildman–Crippen LogP) is 3.75. The van der Waals surface area contributed by atoms with Gasteiger partial charge in [0.15, 0.2) is 0 Å². The highest BCUT2D eigenvalue weighted by Crippen LogP contribution is 2.66. The van der Waals surface area contributed by atoms with Gasteiger partial charge in [0.2, 0.25) is 0 Å². The zero-order valence-corrected chi connectivity index (χ0v) is 16.6. The van der Waals surface area contributed by atoms with Crippen LogP contribution in [0.5, 0.6) is 0 Å². The normalized spacial score (nSPS) is 52.6. The van der Waals surface area contributed by atoms with E-state index in [4.69, 9.17) is 0 Å². The first-order valence-electron chi connectivity index (χ1n) is 10.6. The molecular weight excluding hydrogens is 310 g/mol. The number of Topliss-reactive ketones (excluding diaryl/α,β-unsaturated/α-hetero) is 1. The van der Waals surface area contributed by atoms with Crippen molar-refractivity contribution in [2.45, 2.75) is 71.3 Å². The lowest BCUT2D eigenvalue weighted by Gasteiger charge is -2.60. The fourth-order valence-electron chi connectivity index (χ4n) is 7.77. The number of carbonyl (C=O) groups is 1. The van der Waals surface area contributed by atoms with E-state index in [0.29, 0.717) is 23.0 Å². The lowest BCUT2D eigenvalue weighted by molar-refractivity contribution is -0.143. The monoisotopic (exact) mass is 347 g/mol. The maximum absolute atomic E-state index is 13.2. The van der Waals surface area contributed by atoms with Gasteiger partial charge in [0.1, 0.15) is 5.78 Å². The van der Waals surface area contributed by atoms with Gasteiger partial charge in [0.05, 0.1) is 6.10 Å². The summed E-state index contributed by atoms with van der Waals surface area (Å²) < 4.78 is 0. The summed E-state index contributed by atoms with van der Waals surface area (Å²) in [6.07, 6.45) is 9.16. The Kier molecular flexibility index (Phi) is 4.35. The summed E-state index contributed by atoms with van der Waals surface area (Å²) in [5.74, 6) is 3.65. The quantitative estimate of drug-likeness (QED) is 0.827. The third-order valence-corrected chi connectivity index (χ3v) is 9.09. The van der Waals surface area contributed by atoms with Gasteiger partial charge in [-0.2, -0.15) is 0 Å². The Balaban J connectivity index is 1.59. The van der Waals surface area contributed by atoms with Crippen molar-refractivity contribution < 1.29 is 9.90 Å². The maximum atomic E-state index is 13.2. The standard InChI is InChI=1S/C22H37NO2/c1-21-9-7-16(24)12-15(21)5-6-17-18(21)8-10-22(2)19(17)11-14(20(22)25)13-23(3)4/h14-19,24H,5-13H2,1-4H3/t14-,15+,16+,17-,18+,19+,21+,22+/m1/s1. The molecule has 1 N–H and O–H groups in total. The molecule has 0 amide bonds. The molecule has 0 aromatic carbocycles. The van der Waals surface area contributed by atoms with Gasteiger partial charge in [-0.25, -0.2) is 0 Å². The molecule has 3 heteroatoms. The van der Waals surface area contributed by atoms with E-state index in [1.54, 1.807) is 0 Å². The van der Waals surface area contributed by atoms with Gasteiger partial charge in [-0.05, 0) is 94.5 Å². The van der Waals surface area contributed by atoms with Crippen LogP contribution in [0.1, 0.15) is 65.2 Å². The molecule has 0 bridgehead atoms. The van der Waals surface area contributed by atoms with Gasteiger partial charge >= 0.3 is 0 Å². The lowest BCUT2D eigenvalue weighted by atomic mass is 9.45. The number of hydrogen-bond acceptors (Lipinski definition) is 3. The molecule has 0 spiro atoms. The van der Waals surface area contributed by atoms with Crippen LogP contribution in [-0.4, -0.2) is 42.5 Å². The van der Waals surface area contributed by atoms with Crippen LogP contribution in [-0.2, 0) is 4.79 Å². The van der Waals surface area contributed by atoms with E-state index in [0.717, 1.165) is 44.1 Å². The second-order valence-corrected chi connectivity index (χ2v) is 10.6. The molecule has 142 valence electrons. The fraction of sp³-hybridized carbons (Fsp3) is 0.955. The van der Waals surface area contributed by atoms with Gasteiger partial charge in [0, 0.05) is 17.9 Å². The molecule has 0 aromatic heterocycles. The van der Waals surface area contributed by atoms with Crippen molar-refractivity contribution in [3.05, 3.63) is 0 Å². The summed E-state index contributed by atoms with van der Waals surface area (Å²) in [5, 5.41) is 10.2. The summed E-state index contributed by atoms with van der Waals surface area (Å²) in [7, 11) is 4.19. The Hall–Kier alpha value is -0.410. The van der Waals surface area contributed by atoms with Gasteiger partial charge in [-0.1, -0.05) is 13.8 Å². The zero-order valence-electron chi connectivity index (χ0n) is 16.6. The molecule has 3 nitrogen and oxygen atoms in total. The average molecular weight is 348 g/mol. The van der Waals surface area contributed by atoms with E-state index in [-0.39, 0.29) is 17.4 Å². The molecule has 8 atom stereocenters. The van der Waals surface area contributed by atoms with Crippen molar-refractivity contribution in [2.24, 2.45) is 40.4 Å². The molecule has 0 unspecified atom stereocenters. The molecule has 0 saturated heterocycles. The van der Waals surface area contributed by atoms with E-state index < -0.39 is 0 Å². The molecule has 0 aliphatic heterocycles. The Labute approximate surface area is 153 Å². The second kappa shape index (κ2) is 6.05. The summed E-state index contributed by atoms with van der Waals surface area (Å²) in [5.41, 5.74) is 0.353. The minimum absolute atomic E-state index is 0.0563. The number of aliphatic hydroxyl groups excluding tert-OH is 1. The Morgan fingerprint density at radius 1 is 1.04 bits per heavy atom. The van der Waals surface area contributed by atoms with Crippen LogP contribution in [0.4, 0.5) is 0 Å². The summed E-state index contributed by atoms with van der Waals surface area (Å²) in [4.78, 5) is 15.4. The molecule has 25 heavy (non-hydrogen) atoms. The van der Waals surface area contributed by atoms with E-state index in [1.807, 2.05) is 0 Å². The third-order valence-electron chi connectivity index (χ3n) is 9.09. The number of rotatable bonds is 2. The SMILES string of the molecule is CN(C)C[C@H]1C[C@H]2[C@@H]3CC[C@H]4C[C@@H](O)CC[C@]4(C)[C@H]3CC[C@]2(C)C1=O. The highest BCUT2D eigenvalue weighted by atomic mass is 16.3. The average Bonchev–Trinajstić information content (AvgIpc) is 2.79. The lowest BCUT2D eigenvalue weighted by Crippen LogP contribution is -2.54. The molecule has 0 aromatic rings. The topological polar surface area (TPSA) is 40.5 Å². The first-order chi connectivity index (χ1) is 11.8. The molecule has 0 heterocycles. The summed E-state index contributed by atoms with van der Waals surface area (Å²) in [6, 6.07) is 0. The number of nitrogens with zero attached hydrogens (tertiary/aromatic N) is 1. The van der Waals surface area contributed by atoms with Crippen molar-refractivity contribution in [3.8, 4) is 0 Å². The van der Waals surface area contributed by atoms with E-state index >= 15 is 0 Å². The minimum Gasteiger partial charge on any atom is -0.393 e. The number of hydrogen-bond donors (Lipinski definition) is 1. The van der Waals surface area contributed by atoms with E-state index in [2.05, 4.69) is 32.8 Å². The first-order valence-corrected chi connectivity index (χ1v) is 10.6. The van der Waals surface area contributed by atoms with Crippen molar-refractivity contribution in [3.63, 3.8) is 0 Å². The smallest absolute Gasteiger partial charge is 0.143 e. The minimum atomic E-state index is -0.0685. The van der Waals surface area contributed by atoms with E-state index in [1.165, 1.54) is 25.7 Å². The predicted molar refractivity (Wildman–Crippen MR) is 100 cm³/mol. The summed E-state index contributed by atoms with van der Waals surface area (Å²) in [6.45, 7) is 5.75. The van der Waals surface area contributed by atoms with Crippen LogP contribution in [0.15, 0.2) is 0 Å².